The van der Waals surface area contributed by atoms with Crippen molar-refractivity contribution in [2.24, 2.45) is 0 Å². The first-order valence-electron chi connectivity index (χ1n) is 7.19. The number of halogens is 2. The molecule has 0 aliphatic carbocycles. The molecule has 0 unspecified atom stereocenters. The number of ether oxygens (including phenoxy) is 2. The Labute approximate surface area is 141 Å². The first-order chi connectivity index (χ1) is 12.0. The number of carbonyl (C=O) groups is 2. The Morgan fingerprint density at radius 3 is 2.64 bits per heavy atom. The van der Waals surface area contributed by atoms with Gasteiger partial charge < -0.3 is 24.5 Å². The van der Waals surface area contributed by atoms with Crippen molar-refractivity contribution in [3.63, 3.8) is 0 Å². The molecule has 2 aromatic rings. The molecule has 7 nitrogen and oxygen atoms in total. The van der Waals surface area contributed by atoms with E-state index in [9.17, 15) is 18.4 Å². The molecule has 0 aliphatic heterocycles. The van der Waals surface area contributed by atoms with Crippen LogP contribution in [0.5, 0.6) is 11.5 Å². The van der Waals surface area contributed by atoms with Crippen molar-refractivity contribution in [3.05, 3.63) is 47.9 Å². The summed E-state index contributed by atoms with van der Waals surface area (Å²) in [6, 6.07) is 7.12. The minimum absolute atomic E-state index is 0.0183. The van der Waals surface area contributed by atoms with Crippen molar-refractivity contribution in [3.8, 4) is 11.5 Å². The molecule has 2 N–H and O–H groups in total. The van der Waals surface area contributed by atoms with Gasteiger partial charge in [-0.15, -0.1) is 0 Å². The van der Waals surface area contributed by atoms with E-state index in [1.165, 1.54) is 31.6 Å². The second-order valence-corrected chi connectivity index (χ2v) is 4.78. The van der Waals surface area contributed by atoms with Crippen LogP contribution in [0.25, 0.3) is 0 Å². The van der Waals surface area contributed by atoms with E-state index >= 15 is 0 Å². The van der Waals surface area contributed by atoms with Crippen LogP contribution < -0.4 is 20.1 Å². The van der Waals surface area contributed by atoms with Crippen LogP contribution in [0.1, 0.15) is 16.1 Å². The van der Waals surface area contributed by atoms with Gasteiger partial charge in [0.15, 0.2) is 11.5 Å². The van der Waals surface area contributed by atoms with Gasteiger partial charge >= 0.3 is 6.61 Å². The van der Waals surface area contributed by atoms with E-state index < -0.39 is 18.4 Å². The van der Waals surface area contributed by atoms with Gasteiger partial charge in [-0.1, -0.05) is 0 Å². The Bertz CT molecular complexity index is 719. The molecule has 0 spiro atoms. The van der Waals surface area contributed by atoms with Gasteiger partial charge in [-0.25, -0.2) is 0 Å². The Morgan fingerprint density at radius 2 is 2.00 bits per heavy atom. The van der Waals surface area contributed by atoms with Crippen LogP contribution in [0.2, 0.25) is 0 Å². The summed E-state index contributed by atoms with van der Waals surface area (Å²) in [5.41, 5.74) is 0.136. The van der Waals surface area contributed by atoms with E-state index in [-0.39, 0.29) is 30.2 Å². The highest BCUT2D eigenvalue weighted by Gasteiger charge is 2.14. The molecule has 0 radical (unpaired) electrons. The van der Waals surface area contributed by atoms with E-state index in [0.717, 1.165) is 0 Å². The molecule has 9 heteroatoms. The van der Waals surface area contributed by atoms with Crippen molar-refractivity contribution >= 4 is 11.8 Å². The van der Waals surface area contributed by atoms with Gasteiger partial charge in [-0.05, 0) is 30.3 Å². The molecular formula is C16H16F2N2O5. The van der Waals surface area contributed by atoms with Crippen LogP contribution in [-0.4, -0.2) is 32.1 Å². The fourth-order valence-corrected chi connectivity index (χ4v) is 1.93. The maximum absolute atomic E-state index is 12.3. The number of benzene rings is 1. The Hall–Kier alpha value is -3.10. The number of amides is 2. The van der Waals surface area contributed by atoms with Crippen LogP contribution in [0, 0.1) is 0 Å². The molecule has 25 heavy (non-hydrogen) atoms. The summed E-state index contributed by atoms with van der Waals surface area (Å²) in [6.45, 7) is -3.06. The Kier molecular flexibility index (Phi) is 6.33. The Morgan fingerprint density at radius 1 is 1.20 bits per heavy atom. The lowest BCUT2D eigenvalue weighted by Gasteiger charge is -2.11. The molecule has 0 saturated carbocycles. The molecule has 2 rings (SSSR count). The zero-order chi connectivity index (χ0) is 18.2. The summed E-state index contributed by atoms with van der Waals surface area (Å²) in [4.78, 5) is 23.7. The Balaban J connectivity index is 1.88. The number of nitrogens with one attached hydrogen (secondary N) is 2. The SMILES string of the molecule is COc1cc(C(=O)NCC(=O)NCc2ccco2)ccc1OC(F)F. The maximum atomic E-state index is 12.3. The quantitative estimate of drug-likeness (QED) is 0.756. The molecule has 0 aliphatic rings. The molecular weight excluding hydrogens is 338 g/mol. The summed E-state index contributed by atoms with van der Waals surface area (Å²) in [5, 5.41) is 4.98. The van der Waals surface area contributed by atoms with E-state index in [1.807, 2.05) is 0 Å². The number of furan rings is 1. The van der Waals surface area contributed by atoms with Crippen LogP contribution in [0.15, 0.2) is 41.0 Å². The maximum Gasteiger partial charge on any atom is 0.387 e. The number of alkyl halides is 2. The fraction of sp³-hybridized carbons (Fsp3) is 0.250. The van der Waals surface area contributed by atoms with Gasteiger partial charge in [0.05, 0.1) is 26.5 Å². The molecule has 0 atom stereocenters. The average Bonchev–Trinajstić information content (AvgIpc) is 3.11. The molecule has 1 heterocycles. The summed E-state index contributed by atoms with van der Waals surface area (Å²) in [6.07, 6.45) is 1.48. The molecule has 134 valence electrons. The minimum Gasteiger partial charge on any atom is -0.493 e. The number of carbonyl (C=O) groups excluding carboxylic acids is 2. The number of hydrogen-bond acceptors (Lipinski definition) is 5. The molecule has 0 saturated heterocycles. The highest BCUT2D eigenvalue weighted by Crippen LogP contribution is 2.29. The van der Waals surface area contributed by atoms with Crippen molar-refractivity contribution < 1.29 is 32.3 Å². The monoisotopic (exact) mass is 354 g/mol. The van der Waals surface area contributed by atoms with Crippen molar-refractivity contribution in [1.29, 1.82) is 0 Å². The first-order valence-corrected chi connectivity index (χ1v) is 7.19. The lowest BCUT2D eigenvalue weighted by Crippen LogP contribution is -2.36. The minimum atomic E-state index is -3.01. The van der Waals surface area contributed by atoms with Gasteiger partial charge in [0.25, 0.3) is 5.91 Å². The number of rotatable bonds is 8. The molecule has 1 aromatic carbocycles. The fourth-order valence-electron chi connectivity index (χ4n) is 1.93. The van der Waals surface area contributed by atoms with E-state index in [4.69, 9.17) is 9.15 Å². The normalized spacial score (nSPS) is 10.4. The topological polar surface area (TPSA) is 89.8 Å². The molecule has 0 fully saturated rings. The zero-order valence-electron chi connectivity index (χ0n) is 13.3. The number of methoxy groups -OCH3 is 1. The van der Waals surface area contributed by atoms with Crippen LogP contribution in [0.3, 0.4) is 0 Å². The van der Waals surface area contributed by atoms with Gasteiger partial charge in [0.2, 0.25) is 5.91 Å². The van der Waals surface area contributed by atoms with Gasteiger partial charge in [0, 0.05) is 5.56 Å². The lowest BCUT2D eigenvalue weighted by molar-refractivity contribution is -0.120. The van der Waals surface area contributed by atoms with Crippen molar-refractivity contribution in [1.82, 2.24) is 10.6 Å². The van der Waals surface area contributed by atoms with Crippen molar-refractivity contribution in [2.45, 2.75) is 13.2 Å². The summed E-state index contributed by atoms with van der Waals surface area (Å²) in [5.74, 6) is -0.594. The van der Waals surface area contributed by atoms with Crippen LogP contribution in [0.4, 0.5) is 8.78 Å². The summed E-state index contributed by atoms with van der Waals surface area (Å²) >= 11 is 0. The highest BCUT2D eigenvalue weighted by atomic mass is 19.3. The lowest BCUT2D eigenvalue weighted by atomic mass is 10.2. The predicted molar refractivity (Wildman–Crippen MR) is 82.5 cm³/mol. The average molecular weight is 354 g/mol. The summed E-state index contributed by atoms with van der Waals surface area (Å²) in [7, 11) is 1.26. The predicted octanol–water partition coefficient (Wildman–Crippen LogP) is 1.94. The second-order valence-electron chi connectivity index (χ2n) is 4.78. The smallest absolute Gasteiger partial charge is 0.387 e. The molecule has 2 amide bonds. The third kappa shape index (κ3) is 5.48. The van der Waals surface area contributed by atoms with E-state index in [0.29, 0.717) is 5.76 Å². The molecule has 1 aromatic heterocycles. The highest BCUT2D eigenvalue weighted by molar-refractivity contribution is 5.97. The first kappa shape index (κ1) is 18.2. The zero-order valence-corrected chi connectivity index (χ0v) is 13.3. The largest absolute Gasteiger partial charge is 0.493 e. The number of hydrogen-bond donors (Lipinski definition) is 2. The molecule has 0 bridgehead atoms. The van der Waals surface area contributed by atoms with Crippen LogP contribution in [-0.2, 0) is 11.3 Å². The van der Waals surface area contributed by atoms with Crippen molar-refractivity contribution in [2.75, 3.05) is 13.7 Å². The van der Waals surface area contributed by atoms with E-state index in [2.05, 4.69) is 15.4 Å². The van der Waals surface area contributed by atoms with E-state index in [1.54, 1.807) is 12.1 Å². The standard InChI is InChI=1S/C16H16F2N2O5/c1-23-13-7-10(4-5-12(13)25-16(17)18)15(22)20-9-14(21)19-8-11-3-2-6-24-11/h2-7,16H,8-9H2,1H3,(H,19,21)(H,20,22). The third-order valence-electron chi connectivity index (χ3n) is 3.09. The van der Waals surface area contributed by atoms with Crippen LogP contribution >= 0.6 is 0 Å². The van der Waals surface area contributed by atoms with Gasteiger partial charge in [0.1, 0.15) is 5.76 Å². The third-order valence-corrected chi connectivity index (χ3v) is 3.09. The van der Waals surface area contributed by atoms with Gasteiger partial charge in [-0.3, -0.25) is 9.59 Å². The second kappa shape index (κ2) is 8.67. The van der Waals surface area contributed by atoms with Gasteiger partial charge in [-0.2, -0.15) is 8.78 Å². The summed E-state index contributed by atoms with van der Waals surface area (Å²) < 4.78 is 38.8.